The smallest absolute Gasteiger partial charge is 0.463 e. The van der Waals surface area contributed by atoms with E-state index < -0.39 is 91.5 Å². The molecule has 0 aliphatic carbocycles. The Morgan fingerprint density at radius 3 is 0.712 bits per heavy atom. The SMILES string of the molecule is CC/C=C\C/C=C\C/C=C\C/C=C\C/C=C\CCCCCCCCCCCCCCCC(=O)OCC(O)COP(=O)(O)OCC(O)COP(=O)(O)OCC(COC(=O)CCCCCCCCCCCCCCC/C=C\C/C=C\C/C=C\C/C=C\C/C=C\CC)OC(=O)CCCCCC/C=C\C/C=C\C/C=C\C/C=C\CC. The number of esters is 3. The highest BCUT2D eigenvalue weighted by Crippen LogP contribution is 2.45. The van der Waals surface area contributed by atoms with Gasteiger partial charge >= 0.3 is 33.6 Å². The van der Waals surface area contributed by atoms with Crippen molar-refractivity contribution in [3.05, 3.63) is 170 Å². The van der Waals surface area contributed by atoms with Gasteiger partial charge in [0, 0.05) is 19.3 Å². The number of ether oxygens (including phenoxy) is 3. The summed E-state index contributed by atoms with van der Waals surface area (Å²) in [7, 11) is -9.81. The Labute approximate surface area is 675 Å². The van der Waals surface area contributed by atoms with Crippen molar-refractivity contribution in [2.45, 2.75) is 360 Å². The highest BCUT2D eigenvalue weighted by molar-refractivity contribution is 7.47. The fourth-order valence-electron chi connectivity index (χ4n) is 11.4. The van der Waals surface area contributed by atoms with Gasteiger partial charge in [0.2, 0.25) is 0 Å². The summed E-state index contributed by atoms with van der Waals surface area (Å²) in [6, 6.07) is 0. The Morgan fingerprint density at radius 2 is 0.450 bits per heavy atom. The highest BCUT2D eigenvalue weighted by atomic mass is 31.2. The molecule has 0 aliphatic heterocycles. The molecule has 0 bridgehead atoms. The number of aliphatic hydroxyl groups is 2. The number of hydrogen-bond acceptors (Lipinski definition) is 14. The van der Waals surface area contributed by atoms with Crippen molar-refractivity contribution >= 4 is 33.6 Å². The number of unbranched alkanes of at least 4 members (excludes halogenated alkanes) is 30. The van der Waals surface area contributed by atoms with E-state index in [1.165, 1.54) is 109 Å². The number of allylic oxidation sites excluding steroid dienone is 28. The van der Waals surface area contributed by atoms with Crippen molar-refractivity contribution in [1.82, 2.24) is 0 Å². The van der Waals surface area contributed by atoms with Gasteiger partial charge in [0.05, 0.1) is 26.4 Å². The molecule has 111 heavy (non-hydrogen) atoms. The third-order valence-electron chi connectivity index (χ3n) is 17.9. The molecule has 0 aromatic carbocycles. The Hall–Kier alpha value is -5.09. The van der Waals surface area contributed by atoms with E-state index in [1.54, 1.807) is 0 Å². The number of carbonyl (C=O) groups is 3. The monoisotopic (exact) mass is 1590 g/mol. The van der Waals surface area contributed by atoms with Gasteiger partial charge in [-0.1, -0.05) is 345 Å². The van der Waals surface area contributed by atoms with Crippen LogP contribution in [-0.2, 0) is 55.8 Å². The molecule has 0 saturated carbocycles. The predicted molar refractivity (Wildman–Crippen MR) is 463 cm³/mol. The minimum absolute atomic E-state index is 0.0724. The predicted octanol–water partition coefficient (Wildman–Crippen LogP) is 26.3. The molecular weight excluding hydrogens is 1430 g/mol. The number of aliphatic hydroxyl groups excluding tert-OH is 2. The summed E-state index contributed by atoms with van der Waals surface area (Å²) >= 11 is 0. The molecule has 0 fully saturated rings. The van der Waals surface area contributed by atoms with E-state index in [4.69, 9.17) is 32.3 Å². The summed E-state index contributed by atoms with van der Waals surface area (Å²) < 4.78 is 61.3. The first-order valence-electron chi connectivity index (χ1n) is 43.4. The van der Waals surface area contributed by atoms with E-state index in [2.05, 4.69) is 191 Å². The molecular formula is C93H156O16P2. The maximum Gasteiger partial charge on any atom is 0.472 e. The van der Waals surface area contributed by atoms with Crippen molar-refractivity contribution in [1.29, 1.82) is 0 Å². The quantitative estimate of drug-likeness (QED) is 0.0146. The molecule has 0 aromatic heterocycles. The number of phosphoric acid groups is 2. The molecule has 0 saturated heterocycles. The van der Waals surface area contributed by atoms with E-state index in [1.807, 2.05) is 0 Å². The van der Waals surface area contributed by atoms with Gasteiger partial charge in [-0.3, -0.25) is 32.5 Å². The topological polar surface area (TPSA) is 231 Å². The number of hydrogen-bond donors (Lipinski definition) is 4. The number of carbonyl (C=O) groups excluding carboxylic acids is 3. The highest BCUT2D eigenvalue weighted by Gasteiger charge is 2.29. The average molecular weight is 1590 g/mol. The summed E-state index contributed by atoms with van der Waals surface area (Å²) in [4.78, 5) is 58.9. The molecule has 0 rings (SSSR count). The lowest BCUT2D eigenvalue weighted by Crippen LogP contribution is -2.30. The molecule has 5 atom stereocenters. The zero-order chi connectivity index (χ0) is 80.8. The van der Waals surface area contributed by atoms with Gasteiger partial charge in [0.15, 0.2) is 6.10 Å². The molecule has 16 nitrogen and oxygen atoms in total. The van der Waals surface area contributed by atoms with E-state index >= 15 is 0 Å². The third kappa shape index (κ3) is 85.6. The van der Waals surface area contributed by atoms with Gasteiger partial charge in [-0.2, -0.15) is 0 Å². The van der Waals surface area contributed by atoms with E-state index in [0.29, 0.717) is 19.3 Å². The average Bonchev–Trinajstić information content (AvgIpc) is 0.901. The van der Waals surface area contributed by atoms with Crippen LogP contribution in [0.15, 0.2) is 170 Å². The van der Waals surface area contributed by atoms with Crippen LogP contribution in [0.2, 0.25) is 0 Å². The molecule has 4 N–H and O–H groups in total. The van der Waals surface area contributed by atoms with Crippen molar-refractivity contribution in [3.8, 4) is 0 Å². The molecule has 634 valence electrons. The van der Waals surface area contributed by atoms with Crippen molar-refractivity contribution < 1.29 is 75.8 Å². The van der Waals surface area contributed by atoms with Gasteiger partial charge in [0.25, 0.3) is 0 Å². The first-order valence-corrected chi connectivity index (χ1v) is 46.4. The summed E-state index contributed by atoms with van der Waals surface area (Å²) in [5.74, 6) is -1.60. The zero-order valence-electron chi connectivity index (χ0n) is 69.6. The van der Waals surface area contributed by atoms with Gasteiger partial charge in [-0.15, -0.1) is 0 Å². The summed E-state index contributed by atoms with van der Waals surface area (Å²) in [5.41, 5.74) is 0. The van der Waals surface area contributed by atoms with Gasteiger partial charge in [-0.25, -0.2) is 9.13 Å². The van der Waals surface area contributed by atoms with Crippen LogP contribution in [0.3, 0.4) is 0 Å². The second kappa shape index (κ2) is 84.3. The van der Waals surface area contributed by atoms with E-state index in [9.17, 15) is 43.5 Å². The molecule has 0 amide bonds. The maximum absolute atomic E-state index is 13.0. The van der Waals surface area contributed by atoms with Crippen molar-refractivity contribution in [3.63, 3.8) is 0 Å². The van der Waals surface area contributed by atoms with Gasteiger partial charge in [-0.05, 0) is 148 Å². The van der Waals surface area contributed by atoms with Gasteiger partial charge in [0.1, 0.15) is 25.4 Å². The Balaban J connectivity index is 4.57. The minimum Gasteiger partial charge on any atom is -0.463 e. The van der Waals surface area contributed by atoms with Gasteiger partial charge < -0.3 is 34.2 Å². The van der Waals surface area contributed by atoms with E-state index in [0.717, 1.165) is 173 Å². The summed E-state index contributed by atoms with van der Waals surface area (Å²) in [6.45, 7) is 2.33. The first kappa shape index (κ1) is 106. The minimum atomic E-state index is -4.95. The Morgan fingerprint density at radius 1 is 0.252 bits per heavy atom. The largest absolute Gasteiger partial charge is 0.472 e. The fourth-order valence-corrected chi connectivity index (χ4v) is 13.0. The normalized spacial score (nSPS) is 14.7. The van der Waals surface area contributed by atoms with Crippen LogP contribution >= 0.6 is 15.6 Å². The molecule has 5 unspecified atom stereocenters. The second-order valence-corrected chi connectivity index (χ2v) is 31.5. The van der Waals surface area contributed by atoms with Crippen LogP contribution in [0.1, 0.15) is 342 Å². The molecule has 0 aromatic rings. The Bertz CT molecular complexity index is 2700. The molecule has 0 heterocycles. The lowest BCUT2D eigenvalue weighted by atomic mass is 10.0. The summed E-state index contributed by atoms with van der Waals surface area (Å²) in [5, 5.41) is 20.7. The van der Waals surface area contributed by atoms with Crippen molar-refractivity contribution in [2.24, 2.45) is 0 Å². The van der Waals surface area contributed by atoms with Crippen LogP contribution in [-0.4, -0.2) is 95.9 Å². The lowest BCUT2D eigenvalue weighted by molar-refractivity contribution is -0.161. The molecule has 0 spiro atoms. The van der Waals surface area contributed by atoms with Crippen LogP contribution in [0.25, 0.3) is 0 Å². The Kier molecular flexibility index (Phi) is 80.4. The van der Waals surface area contributed by atoms with Crippen LogP contribution in [0.5, 0.6) is 0 Å². The standard InChI is InChI=1S/C93H156O16P2/c1-4-7-10-13-16-19-22-25-28-31-33-35-37-39-41-43-45-47-49-51-53-56-58-61-64-67-70-73-76-79-91(96)103-82-88(94)83-105-110(99,100)106-84-89(95)85-107-111(101,102)108-87-90(109-93(98)81-78-75-72-69-66-63-60-55-30-27-24-21-18-15-12-9-6-3)86-104-92(97)80-77-74-71-68-65-62-59-57-54-52-50-48-46-44-42-40-38-36-34-32-29-26-23-20-17-14-11-8-5-2/h7-12,16-21,25-30,33-36,39-42,60,63,88-90,94-95H,4-6,13-15,22-24,31-32,37-38,43-59,61-62,64-87H2,1-3H3,(H,99,100)(H,101,102)/b10-7-,11-8-,12-9-,19-16-,20-17-,21-18-,28-25-,29-26-,30-27-,35-33-,36-34-,41-39-,42-40-,63-60-. The second-order valence-electron chi connectivity index (χ2n) is 28.5. The van der Waals surface area contributed by atoms with E-state index in [-0.39, 0.29) is 19.3 Å². The number of phosphoric ester groups is 2. The van der Waals surface area contributed by atoms with Crippen LogP contribution < -0.4 is 0 Å². The fraction of sp³-hybridized carbons (Fsp3) is 0.667. The third-order valence-corrected chi connectivity index (χ3v) is 19.8. The molecule has 18 heteroatoms. The van der Waals surface area contributed by atoms with Crippen LogP contribution in [0, 0.1) is 0 Å². The summed E-state index contributed by atoms with van der Waals surface area (Å²) in [6.07, 6.45) is 108. The first-order chi connectivity index (χ1) is 54.2. The lowest BCUT2D eigenvalue weighted by Gasteiger charge is -2.21. The number of rotatable bonds is 81. The molecule has 0 aliphatic rings. The maximum atomic E-state index is 13.0. The van der Waals surface area contributed by atoms with Crippen LogP contribution in [0.4, 0.5) is 0 Å². The molecule has 0 radical (unpaired) electrons. The zero-order valence-corrected chi connectivity index (χ0v) is 71.4. The van der Waals surface area contributed by atoms with Crippen molar-refractivity contribution in [2.75, 3.05) is 39.6 Å².